The summed E-state index contributed by atoms with van der Waals surface area (Å²) in [5, 5.41) is 7.86. The van der Waals surface area contributed by atoms with Crippen molar-refractivity contribution >= 4 is 17.4 Å². The number of anilines is 2. The highest BCUT2D eigenvalue weighted by Crippen LogP contribution is 2.46. The van der Waals surface area contributed by atoms with Crippen molar-refractivity contribution in [1.82, 2.24) is 14.7 Å². The molecule has 1 amide bonds. The molecule has 6 rings (SSSR count). The zero-order chi connectivity index (χ0) is 24.8. The molecule has 3 aromatic rings. The maximum atomic E-state index is 14.0. The van der Waals surface area contributed by atoms with E-state index in [-0.39, 0.29) is 18.5 Å². The van der Waals surface area contributed by atoms with Gasteiger partial charge in [-0.3, -0.25) is 4.79 Å². The van der Waals surface area contributed by atoms with E-state index >= 15 is 0 Å². The number of carbonyl (C=O) groups is 1. The number of ether oxygens (including phenoxy) is 3. The largest absolute Gasteiger partial charge is 0.493 e. The SMILES string of the molecule is COc1cc(C2C(C(=O)N3CCN(c4ccc(F)cc4)CC3)=C(C)Nc3ccnn32)cc2c1OCO2. The molecule has 2 aromatic carbocycles. The fraction of sp³-hybridized carbons (Fsp3) is 0.308. The van der Waals surface area contributed by atoms with Crippen LogP contribution >= 0.6 is 0 Å². The van der Waals surface area contributed by atoms with Gasteiger partial charge in [-0.1, -0.05) is 0 Å². The highest BCUT2D eigenvalue weighted by molar-refractivity contribution is 5.97. The molecule has 0 saturated carbocycles. The molecule has 0 bridgehead atoms. The first-order chi connectivity index (χ1) is 17.5. The summed E-state index contributed by atoms with van der Waals surface area (Å²) in [5.41, 5.74) is 3.15. The summed E-state index contributed by atoms with van der Waals surface area (Å²) in [5.74, 6) is 2.16. The Morgan fingerprint density at radius 3 is 2.64 bits per heavy atom. The van der Waals surface area contributed by atoms with Crippen LogP contribution in [-0.2, 0) is 4.79 Å². The molecule has 1 saturated heterocycles. The normalized spacial score (nSPS) is 18.7. The van der Waals surface area contributed by atoms with Gasteiger partial charge in [-0.15, -0.1) is 0 Å². The Hall–Kier alpha value is -4.21. The molecule has 0 spiro atoms. The number of benzene rings is 2. The Bertz CT molecular complexity index is 1340. The zero-order valence-electron chi connectivity index (χ0n) is 20.0. The molecule has 1 unspecified atom stereocenters. The predicted molar refractivity (Wildman–Crippen MR) is 131 cm³/mol. The zero-order valence-corrected chi connectivity index (χ0v) is 20.0. The smallest absolute Gasteiger partial charge is 0.254 e. The van der Waals surface area contributed by atoms with E-state index in [4.69, 9.17) is 14.2 Å². The number of halogens is 1. The van der Waals surface area contributed by atoms with Crippen LogP contribution in [0.4, 0.5) is 15.9 Å². The number of hydrogen-bond acceptors (Lipinski definition) is 7. The number of nitrogens with one attached hydrogen (secondary N) is 1. The lowest BCUT2D eigenvalue weighted by Crippen LogP contribution is -2.50. The molecule has 3 aliphatic heterocycles. The van der Waals surface area contributed by atoms with E-state index in [0.717, 1.165) is 22.8 Å². The molecule has 9 nitrogen and oxygen atoms in total. The van der Waals surface area contributed by atoms with E-state index in [2.05, 4.69) is 15.3 Å². The quantitative estimate of drug-likeness (QED) is 0.599. The third kappa shape index (κ3) is 3.69. The minimum atomic E-state index is -0.470. The van der Waals surface area contributed by atoms with Crippen LogP contribution in [0.1, 0.15) is 18.5 Å². The minimum Gasteiger partial charge on any atom is -0.493 e. The van der Waals surface area contributed by atoms with Crippen molar-refractivity contribution in [3.8, 4) is 17.2 Å². The van der Waals surface area contributed by atoms with Gasteiger partial charge in [-0.25, -0.2) is 9.07 Å². The highest BCUT2D eigenvalue weighted by Gasteiger charge is 2.37. The summed E-state index contributed by atoms with van der Waals surface area (Å²) in [6.07, 6.45) is 1.71. The second-order valence-corrected chi connectivity index (χ2v) is 8.94. The number of rotatable bonds is 4. The van der Waals surface area contributed by atoms with Crippen LogP contribution in [-0.4, -0.2) is 60.7 Å². The molecular formula is C26H26FN5O4. The molecule has 0 aliphatic carbocycles. The lowest BCUT2D eigenvalue weighted by Gasteiger charge is -2.38. The summed E-state index contributed by atoms with van der Waals surface area (Å²) in [6, 6.07) is 11.6. The molecule has 1 fully saturated rings. The first-order valence-electron chi connectivity index (χ1n) is 11.8. The lowest BCUT2D eigenvalue weighted by atomic mass is 9.93. The van der Waals surface area contributed by atoms with E-state index in [9.17, 15) is 9.18 Å². The predicted octanol–water partition coefficient (Wildman–Crippen LogP) is 3.40. The number of piperazine rings is 1. The van der Waals surface area contributed by atoms with Gasteiger partial charge in [-0.05, 0) is 48.9 Å². The second kappa shape index (κ2) is 8.78. The molecule has 1 aromatic heterocycles. The van der Waals surface area contributed by atoms with E-state index in [1.165, 1.54) is 12.1 Å². The third-order valence-corrected chi connectivity index (χ3v) is 6.89. The van der Waals surface area contributed by atoms with Gasteiger partial charge in [-0.2, -0.15) is 5.10 Å². The Morgan fingerprint density at radius 2 is 1.89 bits per heavy atom. The van der Waals surface area contributed by atoms with Crippen LogP contribution in [0.25, 0.3) is 0 Å². The van der Waals surface area contributed by atoms with Crippen LogP contribution < -0.4 is 24.4 Å². The lowest BCUT2D eigenvalue weighted by molar-refractivity contribution is -0.128. The van der Waals surface area contributed by atoms with Gasteiger partial charge >= 0.3 is 0 Å². The van der Waals surface area contributed by atoms with Crippen LogP contribution in [0, 0.1) is 5.82 Å². The molecule has 1 N–H and O–H groups in total. The van der Waals surface area contributed by atoms with Crippen molar-refractivity contribution < 1.29 is 23.4 Å². The van der Waals surface area contributed by atoms with Crippen molar-refractivity contribution in [2.24, 2.45) is 0 Å². The van der Waals surface area contributed by atoms with Crippen LogP contribution in [0.15, 0.2) is 59.9 Å². The monoisotopic (exact) mass is 491 g/mol. The van der Waals surface area contributed by atoms with E-state index in [1.54, 1.807) is 25.4 Å². The average molecular weight is 492 g/mol. The number of carbonyl (C=O) groups excluding carboxylic acids is 1. The Labute approximate surface area is 207 Å². The second-order valence-electron chi connectivity index (χ2n) is 8.94. The molecule has 4 heterocycles. The number of amides is 1. The number of allylic oxidation sites excluding steroid dienone is 1. The Morgan fingerprint density at radius 1 is 1.11 bits per heavy atom. The molecular weight excluding hydrogens is 465 g/mol. The molecule has 10 heteroatoms. The molecule has 0 radical (unpaired) electrons. The minimum absolute atomic E-state index is 0.0541. The third-order valence-electron chi connectivity index (χ3n) is 6.89. The Balaban J connectivity index is 1.31. The van der Waals surface area contributed by atoms with Gasteiger partial charge in [0.05, 0.1) is 18.9 Å². The summed E-state index contributed by atoms with van der Waals surface area (Å²) in [4.78, 5) is 18.0. The van der Waals surface area contributed by atoms with Crippen LogP contribution in [0.5, 0.6) is 17.2 Å². The van der Waals surface area contributed by atoms with Crippen molar-refractivity contribution in [3.63, 3.8) is 0 Å². The average Bonchev–Trinajstić information content (AvgIpc) is 3.57. The number of aromatic nitrogens is 2. The molecule has 186 valence electrons. The van der Waals surface area contributed by atoms with Gasteiger partial charge < -0.3 is 29.3 Å². The number of methoxy groups -OCH3 is 1. The van der Waals surface area contributed by atoms with Gasteiger partial charge in [0.1, 0.15) is 17.7 Å². The number of fused-ring (bicyclic) bond motifs is 2. The van der Waals surface area contributed by atoms with Gasteiger partial charge in [0.2, 0.25) is 12.5 Å². The van der Waals surface area contributed by atoms with E-state index in [0.29, 0.717) is 49.0 Å². The van der Waals surface area contributed by atoms with Crippen LogP contribution in [0.3, 0.4) is 0 Å². The van der Waals surface area contributed by atoms with Gasteiger partial charge in [0.15, 0.2) is 11.5 Å². The van der Waals surface area contributed by atoms with Crippen LogP contribution in [0.2, 0.25) is 0 Å². The maximum Gasteiger partial charge on any atom is 0.254 e. The first-order valence-corrected chi connectivity index (χ1v) is 11.8. The van der Waals surface area contributed by atoms with Crippen molar-refractivity contribution in [2.45, 2.75) is 13.0 Å². The molecule has 1 atom stereocenters. The summed E-state index contributed by atoms with van der Waals surface area (Å²) in [7, 11) is 1.58. The van der Waals surface area contributed by atoms with E-state index in [1.807, 2.05) is 34.7 Å². The standard InChI is InChI=1S/C26H26FN5O4/c1-16-23(26(33)31-11-9-30(10-12-31)19-5-3-18(27)4-6-19)24(32-22(29-16)7-8-28-32)17-13-20(34-2)25-21(14-17)35-15-36-25/h3-8,13-14,24,29H,9-12,15H2,1-2H3. The summed E-state index contributed by atoms with van der Waals surface area (Å²) in [6.45, 7) is 4.45. The molecule has 3 aliphatic rings. The summed E-state index contributed by atoms with van der Waals surface area (Å²) < 4.78 is 31.9. The van der Waals surface area contributed by atoms with Crippen molar-refractivity contribution in [1.29, 1.82) is 0 Å². The van der Waals surface area contributed by atoms with Gasteiger partial charge in [0, 0.05) is 43.6 Å². The maximum absolute atomic E-state index is 14.0. The highest BCUT2D eigenvalue weighted by atomic mass is 19.1. The topological polar surface area (TPSA) is 81.1 Å². The first kappa shape index (κ1) is 22.3. The summed E-state index contributed by atoms with van der Waals surface area (Å²) >= 11 is 0. The fourth-order valence-electron chi connectivity index (χ4n) is 5.09. The van der Waals surface area contributed by atoms with Crippen molar-refractivity contribution in [3.05, 3.63) is 71.3 Å². The van der Waals surface area contributed by atoms with Crippen molar-refractivity contribution in [2.75, 3.05) is 50.3 Å². The number of nitrogens with zero attached hydrogens (tertiary/aromatic N) is 4. The Kier molecular flexibility index (Phi) is 5.43. The van der Waals surface area contributed by atoms with E-state index < -0.39 is 6.04 Å². The molecule has 36 heavy (non-hydrogen) atoms. The van der Waals surface area contributed by atoms with Gasteiger partial charge in [0.25, 0.3) is 5.91 Å². The fourth-order valence-corrected chi connectivity index (χ4v) is 5.09. The number of hydrogen-bond donors (Lipinski definition) is 1.